The normalized spacial score (nSPS) is 12.0. The number of rotatable bonds is 5. The molecule has 0 rings (SSSR count). The third kappa shape index (κ3) is 8.87. The minimum absolute atomic E-state index is 0.974. The lowest BCUT2D eigenvalue weighted by atomic mass is 10.7. The van der Waals surface area contributed by atoms with Crippen molar-refractivity contribution >= 4 is 31.9 Å². The largest absolute Gasteiger partial charge is 0.493 e. The van der Waals surface area contributed by atoms with E-state index in [9.17, 15) is 9.59 Å². The van der Waals surface area contributed by atoms with Gasteiger partial charge in [-0.1, -0.05) is 5.70 Å². The molecule has 0 aliphatic rings. The van der Waals surface area contributed by atoms with Gasteiger partial charge in [0.05, 0.1) is 0 Å². The zero-order valence-electron chi connectivity index (χ0n) is 6.10. The van der Waals surface area contributed by atoms with Gasteiger partial charge < -0.3 is 18.8 Å². The molecule has 0 radical (unpaired) electrons. The van der Waals surface area contributed by atoms with E-state index in [1.165, 1.54) is 5.70 Å². The molecule has 0 bridgehead atoms. The first-order chi connectivity index (χ1) is 5.63. The molecule has 68 valence electrons. The Balaban J connectivity index is 3.21. The maximum Gasteiger partial charge on any atom is 0.493 e. The highest BCUT2D eigenvalue weighted by molar-refractivity contribution is 6.44. The standard InChI is InChI=1S/C4H8O6Si2/c5-3(6)1-2-11-10-12-9-4(7)8/h1-2H,11-12H2,(H,5,6)(H,7,8). The van der Waals surface area contributed by atoms with Gasteiger partial charge in [0, 0.05) is 6.08 Å². The lowest BCUT2D eigenvalue weighted by Gasteiger charge is -1.97. The Morgan fingerprint density at radius 2 is 2.00 bits per heavy atom. The predicted octanol–water partition coefficient (Wildman–Crippen LogP) is -1.62. The molecule has 0 heterocycles. The van der Waals surface area contributed by atoms with Crippen molar-refractivity contribution in [3.63, 3.8) is 0 Å². The maximum atomic E-state index is 9.91. The van der Waals surface area contributed by atoms with Crippen molar-refractivity contribution in [2.45, 2.75) is 0 Å². The van der Waals surface area contributed by atoms with Gasteiger partial charge in [-0.05, 0) is 0 Å². The molecule has 0 aromatic heterocycles. The average molecular weight is 208 g/mol. The van der Waals surface area contributed by atoms with Crippen molar-refractivity contribution in [3.05, 3.63) is 11.8 Å². The van der Waals surface area contributed by atoms with Crippen LogP contribution in [-0.2, 0) is 13.3 Å². The molecule has 0 spiro atoms. The van der Waals surface area contributed by atoms with Crippen molar-refractivity contribution in [1.82, 2.24) is 0 Å². The summed E-state index contributed by atoms with van der Waals surface area (Å²) in [5.41, 5.74) is 1.40. The van der Waals surface area contributed by atoms with Crippen LogP contribution in [0.2, 0.25) is 0 Å². The second-order valence-corrected chi connectivity index (χ2v) is 4.60. The van der Waals surface area contributed by atoms with E-state index in [-0.39, 0.29) is 0 Å². The number of carboxylic acids is 1. The zero-order valence-corrected chi connectivity index (χ0v) is 8.92. The minimum Gasteiger partial charge on any atom is -0.478 e. The third-order valence-electron chi connectivity index (χ3n) is 0.740. The lowest BCUT2D eigenvalue weighted by molar-refractivity contribution is -0.131. The summed E-state index contributed by atoms with van der Waals surface area (Å²) in [6, 6.07) is 0. The summed E-state index contributed by atoms with van der Waals surface area (Å²) in [5.74, 6) is -1.04. The Labute approximate surface area is 72.8 Å². The summed E-state index contributed by atoms with van der Waals surface area (Å²) in [6.07, 6.45) is -0.376. The van der Waals surface area contributed by atoms with Gasteiger partial charge in [-0.25, -0.2) is 9.59 Å². The second-order valence-electron chi connectivity index (χ2n) is 1.64. The Bertz CT molecular complexity index is 190. The summed E-state index contributed by atoms with van der Waals surface area (Å²) >= 11 is 0. The first-order valence-corrected chi connectivity index (χ1v) is 5.50. The van der Waals surface area contributed by atoms with E-state index in [1.54, 1.807) is 0 Å². The molecule has 8 heteroatoms. The Morgan fingerprint density at radius 1 is 1.33 bits per heavy atom. The monoisotopic (exact) mass is 208 g/mol. The smallest absolute Gasteiger partial charge is 0.478 e. The highest BCUT2D eigenvalue weighted by Crippen LogP contribution is 1.76. The van der Waals surface area contributed by atoms with E-state index in [0.717, 1.165) is 6.08 Å². The lowest BCUT2D eigenvalue weighted by Crippen LogP contribution is -2.11. The molecule has 0 fully saturated rings. The van der Waals surface area contributed by atoms with Gasteiger partial charge in [0.1, 0.15) is 0 Å². The van der Waals surface area contributed by atoms with Crippen molar-refractivity contribution in [2.24, 2.45) is 0 Å². The fraction of sp³-hybridized carbons (Fsp3) is 0. The van der Waals surface area contributed by atoms with E-state index >= 15 is 0 Å². The molecule has 0 amide bonds. The topological polar surface area (TPSA) is 93.1 Å². The Kier molecular flexibility index (Phi) is 5.96. The molecule has 0 aromatic rings. The molecule has 0 aromatic carbocycles. The number of hydrogen-bond acceptors (Lipinski definition) is 4. The molecule has 0 aliphatic heterocycles. The molecule has 6 nitrogen and oxygen atoms in total. The van der Waals surface area contributed by atoms with Gasteiger partial charge >= 0.3 is 22.1 Å². The van der Waals surface area contributed by atoms with Crippen LogP contribution in [0.3, 0.4) is 0 Å². The molecule has 12 heavy (non-hydrogen) atoms. The van der Waals surface area contributed by atoms with E-state index in [0.29, 0.717) is 0 Å². The molecule has 0 unspecified atom stereocenters. The van der Waals surface area contributed by atoms with Crippen LogP contribution in [0.25, 0.3) is 0 Å². The van der Waals surface area contributed by atoms with Crippen LogP contribution in [-0.4, -0.2) is 42.1 Å². The average Bonchev–Trinajstić information content (AvgIpc) is 1.95. The molecular formula is C4H8O6Si2. The maximum absolute atomic E-state index is 9.91. The fourth-order valence-electron chi connectivity index (χ4n) is 0.357. The first kappa shape index (κ1) is 10.9. The van der Waals surface area contributed by atoms with Gasteiger partial charge in [0.15, 0.2) is 9.76 Å². The number of carboxylic acid groups (broad SMARTS) is 2. The van der Waals surface area contributed by atoms with E-state index in [4.69, 9.17) is 14.3 Å². The molecule has 2 N–H and O–H groups in total. The van der Waals surface area contributed by atoms with Crippen LogP contribution in [0, 0.1) is 0 Å². The fourth-order valence-corrected chi connectivity index (χ4v) is 2.02. The summed E-state index contributed by atoms with van der Waals surface area (Å²) in [7, 11) is -2.53. The van der Waals surface area contributed by atoms with Crippen LogP contribution in [0.1, 0.15) is 0 Å². The number of hydrogen-bond donors (Lipinski definition) is 2. The van der Waals surface area contributed by atoms with Gasteiger partial charge in [-0.2, -0.15) is 0 Å². The Morgan fingerprint density at radius 3 is 2.50 bits per heavy atom. The van der Waals surface area contributed by atoms with Crippen LogP contribution in [0.15, 0.2) is 11.8 Å². The predicted molar refractivity (Wildman–Crippen MR) is 44.1 cm³/mol. The summed E-state index contributed by atoms with van der Waals surface area (Å²) in [6.45, 7) is 0. The summed E-state index contributed by atoms with van der Waals surface area (Å²) in [4.78, 5) is 19.7. The van der Waals surface area contributed by atoms with Crippen molar-refractivity contribution in [2.75, 3.05) is 0 Å². The van der Waals surface area contributed by atoms with Gasteiger partial charge in [-0.3, -0.25) is 0 Å². The van der Waals surface area contributed by atoms with Crippen molar-refractivity contribution in [3.8, 4) is 0 Å². The highest BCUT2D eigenvalue weighted by atomic mass is 28.3. The molecule has 0 aliphatic carbocycles. The van der Waals surface area contributed by atoms with Crippen LogP contribution < -0.4 is 0 Å². The number of carbonyl (C=O) groups is 2. The second kappa shape index (κ2) is 6.58. The SMILES string of the molecule is O=C(O)C=C[SiH2]O[SiH2]OC(=O)O. The zero-order chi connectivity index (χ0) is 9.40. The van der Waals surface area contributed by atoms with E-state index in [2.05, 4.69) is 4.43 Å². The Hall–Kier alpha value is -1.13. The van der Waals surface area contributed by atoms with Gasteiger partial charge in [0.25, 0.3) is 0 Å². The van der Waals surface area contributed by atoms with Crippen molar-refractivity contribution < 1.29 is 28.3 Å². The quantitative estimate of drug-likeness (QED) is 0.320. The van der Waals surface area contributed by atoms with Crippen molar-refractivity contribution in [1.29, 1.82) is 0 Å². The molecule has 0 saturated heterocycles. The third-order valence-corrected chi connectivity index (χ3v) is 3.14. The first-order valence-electron chi connectivity index (χ1n) is 2.96. The van der Waals surface area contributed by atoms with E-state index in [1.807, 2.05) is 0 Å². The van der Waals surface area contributed by atoms with Crippen LogP contribution >= 0.6 is 0 Å². The minimum atomic E-state index is -1.46. The molecule has 0 saturated carbocycles. The van der Waals surface area contributed by atoms with Crippen LogP contribution in [0.5, 0.6) is 0 Å². The summed E-state index contributed by atoms with van der Waals surface area (Å²) < 4.78 is 8.96. The highest BCUT2D eigenvalue weighted by Gasteiger charge is 1.94. The molecule has 0 atom stereocenters. The number of aliphatic carboxylic acids is 1. The van der Waals surface area contributed by atoms with Gasteiger partial charge in [0.2, 0.25) is 0 Å². The molecular weight excluding hydrogens is 200 g/mol. The van der Waals surface area contributed by atoms with Gasteiger partial charge in [-0.15, -0.1) is 0 Å². The van der Waals surface area contributed by atoms with E-state index < -0.39 is 31.9 Å². The summed E-state index contributed by atoms with van der Waals surface area (Å²) in [5, 5.41) is 16.1. The van der Waals surface area contributed by atoms with Crippen LogP contribution in [0.4, 0.5) is 4.79 Å².